The highest BCUT2D eigenvalue weighted by Gasteiger charge is 2.23. The van der Waals surface area contributed by atoms with E-state index in [0.717, 1.165) is 16.1 Å². The lowest BCUT2D eigenvalue weighted by molar-refractivity contribution is -0.114. The van der Waals surface area contributed by atoms with Crippen molar-refractivity contribution in [1.29, 1.82) is 0 Å². The SMILES string of the molecule is CC(C)(C)c1ccccc1NC(=O)CN(c1ccccc1)S(C)(=O)=O. The third-order valence-electron chi connectivity index (χ3n) is 3.74. The van der Waals surface area contributed by atoms with Gasteiger partial charge in [-0.2, -0.15) is 0 Å². The van der Waals surface area contributed by atoms with Gasteiger partial charge in [0.15, 0.2) is 0 Å². The summed E-state index contributed by atoms with van der Waals surface area (Å²) in [6.45, 7) is 5.90. The molecule has 25 heavy (non-hydrogen) atoms. The monoisotopic (exact) mass is 360 g/mol. The van der Waals surface area contributed by atoms with Gasteiger partial charge in [0.1, 0.15) is 6.54 Å². The average molecular weight is 360 g/mol. The maximum Gasteiger partial charge on any atom is 0.245 e. The summed E-state index contributed by atoms with van der Waals surface area (Å²) in [6.07, 6.45) is 1.09. The van der Waals surface area contributed by atoms with E-state index in [1.54, 1.807) is 30.3 Å². The molecule has 0 saturated heterocycles. The molecule has 0 spiro atoms. The lowest BCUT2D eigenvalue weighted by Gasteiger charge is -2.25. The van der Waals surface area contributed by atoms with Crippen molar-refractivity contribution in [2.45, 2.75) is 26.2 Å². The number of benzene rings is 2. The fourth-order valence-corrected chi connectivity index (χ4v) is 3.42. The molecule has 0 heterocycles. The van der Waals surface area contributed by atoms with Crippen molar-refractivity contribution in [3.63, 3.8) is 0 Å². The zero-order valence-corrected chi connectivity index (χ0v) is 15.8. The van der Waals surface area contributed by atoms with Gasteiger partial charge >= 0.3 is 0 Å². The lowest BCUT2D eigenvalue weighted by atomic mass is 9.86. The second-order valence-electron chi connectivity index (χ2n) is 6.95. The van der Waals surface area contributed by atoms with Crippen molar-refractivity contribution in [1.82, 2.24) is 0 Å². The molecule has 0 saturated carbocycles. The van der Waals surface area contributed by atoms with Crippen LogP contribution in [-0.4, -0.2) is 27.1 Å². The van der Waals surface area contributed by atoms with E-state index in [9.17, 15) is 13.2 Å². The first-order valence-corrected chi connectivity index (χ1v) is 9.86. The first-order valence-electron chi connectivity index (χ1n) is 8.01. The van der Waals surface area contributed by atoms with Gasteiger partial charge in [-0.05, 0) is 29.2 Å². The molecule has 0 atom stereocenters. The van der Waals surface area contributed by atoms with Crippen LogP contribution < -0.4 is 9.62 Å². The van der Waals surface area contributed by atoms with Crippen molar-refractivity contribution in [2.75, 3.05) is 22.4 Å². The standard InChI is InChI=1S/C19H24N2O3S/c1-19(2,3)16-12-8-9-13-17(16)20-18(22)14-21(25(4,23)24)15-10-6-5-7-11-15/h5-13H,14H2,1-4H3,(H,20,22). The highest BCUT2D eigenvalue weighted by Crippen LogP contribution is 2.29. The van der Waals surface area contributed by atoms with Gasteiger partial charge in [-0.3, -0.25) is 9.10 Å². The largest absolute Gasteiger partial charge is 0.324 e. The number of nitrogens with zero attached hydrogens (tertiary/aromatic N) is 1. The lowest BCUT2D eigenvalue weighted by Crippen LogP contribution is -2.37. The highest BCUT2D eigenvalue weighted by atomic mass is 32.2. The molecule has 5 nitrogen and oxygen atoms in total. The second-order valence-corrected chi connectivity index (χ2v) is 8.86. The summed E-state index contributed by atoms with van der Waals surface area (Å²) in [5, 5.41) is 2.84. The molecule has 0 aromatic heterocycles. The number of nitrogens with one attached hydrogen (secondary N) is 1. The van der Waals surface area contributed by atoms with Crippen LogP contribution in [-0.2, 0) is 20.2 Å². The Morgan fingerprint density at radius 3 is 2.12 bits per heavy atom. The minimum absolute atomic E-state index is 0.139. The summed E-state index contributed by atoms with van der Waals surface area (Å²) in [6, 6.07) is 16.1. The minimum atomic E-state index is -3.57. The molecule has 2 rings (SSSR count). The molecule has 0 fully saturated rings. The van der Waals surface area contributed by atoms with Crippen molar-refractivity contribution < 1.29 is 13.2 Å². The number of hydrogen-bond donors (Lipinski definition) is 1. The molecule has 0 bridgehead atoms. The Morgan fingerprint density at radius 1 is 1.00 bits per heavy atom. The predicted octanol–water partition coefficient (Wildman–Crippen LogP) is 3.39. The van der Waals surface area contributed by atoms with Gasteiger partial charge in [0.25, 0.3) is 0 Å². The molecule has 1 N–H and O–H groups in total. The fraction of sp³-hybridized carbons (Fsp3) is 0.316. The maximum atomic E-state index is 12.5. The third kappa shape index (κ3) is 5.06. The van der Waals surface area contributed by atoms with Crippen LogP contribution >= 0.6 is 0 Å². The fourth-order valence-electron chi connectivity index (χ4n) is 2.56. The van der Waals surface area contributed by atoms with E-state index < -0.39 is 10.0 Å². The molecular weight excluding hydrogens is 336 g/mol. The maximum absolute atomic E-state index is 12.5. The Hall–Kier alpha value is -2.34. The third-order valence-corrected chi connectivity index (χ3v) is 4.88. The summed E-state index contributed by atoms with van der Waals surface area (Å²) < 4.78 is 25.3. The molecule has 6 heteroatoms. The van der Waals surface area contributed by atoms with E-state index in [-0.39, 0.29) is 17.9 Å². The zero-order chi connectivity index (χ0) is 18.7. The van der Waals surface area contributed by atoms with E-state index in [4.69, 9.17) is 0 Å². The van der Waals surface area contributed by atoms with Gasteiger partial charge in [-0.1, -0.05) is 57.2 Å². The molecule has 0 unspecified atom stereocenters. The Morgan fingerprint density at radius 2 is 1.56 bits per heavy atom. The molecule has 0 aliphatic heterocycles. The number of amides is 1. The van der Waals surface area contributed by atoms with Crippen LogP contribution in [0.3, 0.4) is 0 Å². The quantitative estimate of drug-likeness (QED) is 0.889. The first-order chi connectivity index (χ1) is 11.6. The number of carbonyl (C=O) groups is 1. The molecule has 2 aromatic rings. The number of hydrogen-bond acceptors (Lipinski definition) is 3. The normalized spacial score (nSPS) is 11.8. The summed E-state index contributed by atoms with van der Waals surface area (Å²) in [5.41, 5.74) is 2.01. The van der Waals surface area contributed by atoms with Crippen molar-refractivity contribution >= 4 is 27.3 Å². The van der Waals surface area contributed by atoms with Gasteiger partial charge in [-0.25, -0.2) is 8.42 Å². The molecule has 0 aliphatic carbocycles. The molecule has 0 aliphatic rings. The van der Waals surface area contributed by atoms with E-state index in [2.05, 4.69) is 26.1 Å². The van der Waals surface area contributed by atoms with Crippen LogP contribution in [0.25, 0.3) is 0 Å². The van der Waals surface area contributed by atoms with Gasteiger partial charge in [0.2, 0.25) is 15.9 Å². The summed E-state index contributed by atoms with van der Waals surface area (Å²) in [4.78, 5) is 12.5. The van der Waals surface area contributed by atoms with Gasteiger partial charge < -0.3 is 5.32 Å². The van der Waals surface area contributed by atoms with Crippen LogP contribution in [0, 0.1) is 0 Å². The number of para-hydroxylation sites is 2. The molecule has 1 amide bonds. The highest BCUT2D eigenvalue weighted by molar-refractivity contribution is 7.92. The smallest absolute Gasteiger partial charge is 0.245 e. The van der Waals surface area contributed by atoms with E-state index in [0.29, 0.717) is 11.4 Å². The van der Waals surface area contributed by atoms with E-state index >= 15 is 0 Å². The number of sulfonamides is 1. The van der Waals surface area contributed by atoms with Crippen molar-refractivity contribution in [2.24, 2.45) is 0 Å². The Kier molecular flexibility index (Phi) is 5.52. The minimum Gasteiger partial charge on any atom is -0.324 e. The van der Waals surface area contributed by atoms with Crippen LogP contribution in [0.4, 0.5) is 11.4 Å². The number of rotatable bonds is 5. The summed E-state index contributed by atoms with van der Waals surface area (Å²) in [7, 11) is -3.57. The van der Waals surface area contributed by atoms with E-state index in [1.165, 1.54) is 0 Å². The summed E-state index contributed by atoms with van der Waals surface area (Å²) >= 11 is 0. The van der Waals surface area contributed by atoms with Crippen molar-refractivity contribution in [3.05, 3.63) is 60.2 Å². The Balaban J connectivity index is 2.24. The first kappa shape index (κ1) is 19.0. The second kappa shape index (κ2) is 7.27. The van der Waals surface area contributed by atoms with Gasteiger partial charge in [0.05, 0.1) is 11.9 Å². The summed E-state index contributed by atoms with van der Waals surface area (Å²) in [5.74, 6) is -0.383. The number of carbonyl (C=O) groups excluding carboxylic acids is 1. The molecule has 2 aromatic carbocycles. The number of anilines is 2. The topological polar surface area (TPSA) is 66.5 Å². The Bertz CT molecular complexity index is 840. The van der Waals surface area contributed by atoms with E-state index in [1.807, 2.05) is 24.3 Å². The zero-order valence-electron chi connectivity index (χ0n) is 15.0. The molecule has 134 valence electrons. The Labute approximate surface area is 149 Å². The van der Waals surface area contributed by atoms with Crippen LogP contribution in [0.2, 0.25) is 0 Å². The van der Waals surface area contributed by atoms with Crippen LogP contribution in [0.15, 0.2) is 54.6 Å². The van der Waals surface area contributed by atoms with Crippen LogP contribution in [0.5, 0.6) is 0 Å². The van der Waals surface area contributed by atoms with Crippen molar-refractivity contribution in [3.8, 4) is 0 Å². The average Bonchev–Trinajstić information content (AvgIpc) is 2.52. The molecule has 0 radical (unpaired) electrons. The van der Waals surface area contributed by atoms with Crippen LogP contribution in [0.1, 0.15) is 26.3 Å². The van der Waals surface area contributed by atoms with Gasteiger partial charge in [0, 0.05) is 5.69 Å². The van der Waals surface area contributed by atoms with Gasteiger partial charge in [-0.15, -0.1) is 0 Å². The molecular formula is C19H24N2O3S. The predicted molar refractivity (Wildman–Crippen MR) is 102 cm³/mol.